The van der Waals surface area contributed by atoms with Gasteiger partial charge >= 0.3 is 12.0 Å². The number of esters is 1. The number of hydrogen-bond donors (Lipinski definition) is 0. The fraction of sp³-hybridized carbons (Fsp3) is 0.857. The highest BCUT2D eigenvalue weighted by atomic mass is 16.6. The van der Waals surface area contributed by atoms with Crippen molar-refractivity contribution < 1.29 is 14.3 Å². The second-order valence-corrected chi connectivity index (χ2v) is 6.38. The first-order valence-electron chi connectivity index (χ1n) is 7.22. The predicted molar refractivity (Wildman–Crippen MR) is 69.3 cm³/mol. The molecule has 2 amide bonds. The number of nitrogens with zero attached hydrogens (tertiary/aromatic N) is 2. The minimum absolute atomic E-state index is 0.0499. The molecule has 19 heavy (non-hydrogen) atoms. The lowest BCUT2D eigenvalue weighted by molar-refractivity contribution is -0.177. The van der Waals surface area contributed by atoms with Crippen LogP contribution < -0.4 is 0 Å². The molecule has 1 unspecified atom stereocenters. The Balaban J connectivity index is 1.82. The lowest BCUT2D eigenvalue weighted by Crippen LogP contribution is -2.62. The molecule has 0 aromatic heterocycles. The molecule has 2 aliphatic carbocycles. The Hall–Kier alpha value is -1.26. The lowest BCUT2D eigenvalue weighted by Gasteiger charge is -2.49. The van der Waals surface area contributed by atoms with Gasteiger partial charge in [-0.2, -0.15) is 0 Å². The summed E-state index contributed by atoms with van der Waals surface area (Å²) in [6.07, 6.45) is 5.91. The van der Waals surface area contributed by atoms with E-state index in [1.807, 2.05) is 7.05 Å². The third-order valence-corrected chi connectivity index (χ3v) is 4.79. The van der Waals surface area contributed by atoms with Crippen molar-refractivity contribution in [1.82, 2.24) is 9.80 Å². The second kappa shape index (κ2) is 4.39. The summed E-state index contributed by atoms with van der Waals surface area (Å²) in [6.45, 7) is 0.707. The first kappa shape index (κ1) is 12.8. The smallest absolute Gasteiger partial charge is 0.322 e. The third-order valence-electron chi connectivity index (χ3n) is 4.79. The molecule has 5 heteroatoms. The molecule has 0 radical (unpaired) electrons. The maximum absolute atomic E-state index is 12.1. The van der Waals surface area contributed by atoms with Crippen LogP contribution in [-0.2, 0) is 9.53 Å². The van der Waals surface area contributed by atoms with E-state index in [1.165, 1.54) is 0 Å². The van der Waals surface area contributed by atoms with E-state index in [4.69, 9.17) is 4.74 Å². The molecular formula is C14H22N2O3. The van der Waals surface area contributed by atoms with Crippen molar-refractivity contribution in [3.05, 3.63) is 0 Å². The van der Waals surface area contributed by atoms with Crippen LogP contribution in [-0.4, -0.2) is 48.7 Å². The van der Waals surface area contributed by atoms with Crippen LogP contribution in [0.3, 0.4) is 0 Å². The van der Waals surface area contributed by atoms with Crippen LogP contribution in [0.4, 0.5) is 4.79 Å². The minimum atomic E-state index is -0.369. The molecule has 5 nitrogen and oxygen atoms in total. The molecule has 1 aliphatic heterocycles. The van der Waals surface area contributed by atoms with E-state index in [2.05, 4.69) is 0 Å². The zero-order valence-electron chi connectivity index (χ0n) is 11.7. The molecule has 3 fully saturated rings. The van der Waals surface area contributed by atoms with E-state index in [9.17, 15) is 9.59 Å². The van der Waals surface area contributed by atoms with Gasteiger partial charge in [0, 0.05) is 26.1 Å². The summed E-state index contributed by atoms with van der Waals surface area (Å²) in [7, 11) is 3.58. The van der Waals surface area contributed by atoms with Crippen LogP contribution in [0, 0.1) is 11.3 Å². The normalized spacial score (nSPS) is 30.0. The van der Waals surface area contributed by atoms with Crippen molar-refractivity contribution in [1.29, 1.82) is 0 Å². The summed E-state index contributed by atoms with van der Waals surface area (Å²) in [5.74, 6) is -0.0258. The standard InChI is InChI=1S/C14H22N2O3/c1-15-9-14(7-3-4-8-14)12(16(2)13(15)18)19-11(17)10-5-6-10/h10,12H,3-9H2,1-2H3. The average molecular weight is 266 g/mol. The number of carbonyl (C=O) groups excluding carboxylic acids is 2. The SMILES string of the molecule is CN1CC2(CCCC2)C(OC(=O)C2CC2)N(C)C1=O. The quantitative estimate of drug-likeness (QED) is 0.716. The van der Waals surface area contributed by atoms with Gasteiger partial charge in [0.1, 0.15) is 0 Å². The maximum atomic E-state index is 12.1. The fourth-order valence-electron chi connectivity index (χ4n) is 3.61. The topological polar surface area (TPSA) is 49.9 Å². The van der Waals surface area contributed by atoms with E-state index in [0.29, 0.717) is 6.54 Å². The van der Waals surface area contributed by atoms with Crippen LogP contribution in [0.5, 0.6) is 0 Å². The molecule has 1 heterocycles. The van der Waals surface area contributed by atoms with Crippen LogP contribution in [0.2, 0.25) is 0 Å². The van der Waals surface area contributed by atoms with Gasteiger partial charge in [0.15, 0.2) is 6.23 Å². The number of amides is 2. The minimum Gasteiger partial charge on any atom is -0.441 e. The Morgan fingerprint density at radius 1 is 1.26 bits per heavy atom. The number of carbonyl (C=O) groups is 2. The molecule has 0 bridgehead atoms. The number of rotatable bonds is 2. The van der Waals surface area contributed by atoms with Crippen molar-refractivity contribution in [3.63, 3.8) is 0 Å². The van der Waals surface area contributed by atoms with Gasteiger partial charge in [-0.25, -0.2) is 4.79 Å². The Labute approximate surface area is 113 Å². The molecule has 0 N–H and O–H groups in total. The predicted octanol–water partition coefficient (Wildman–Crippen LogP) is 1.82. The van der Waals surface area contributed by atoms with E-state index in [0.717, 1.165) is 38.5 Å². The highest BCUT2D eigenvalue weighted by molar-refractivity contribution is 5.78. The van der Waals surface area contributed by atoms with Gasteiger partial charge in [-0.1, -0.05) is 12.8 Å². The maximum Gasteiger partial charge on any atom is 0.322 e. The number of hydrogen-bond acceptors (Lipinski definition) is 3. The largest absolute Gasteiger partial charge is 0.441 e. The number of ether oxygens (including phenoxy) is 1. The molecule has 3 rings (SSSR count). The zero-order valence-corrected chi connectivity index (χ0v) is 11.7. The molecular weight excluding hydrogens is 244 g/mol. The van der Waals surface area contributed by atoms with Crippen molar-refractivity contribution in [2.24, 2.45) is 11.3 Å². The van der Waals surface area contributed by atoms with Gasteiger partial charge in [0.25, 0.3) is 0 Å². The second-order valence-electron chi connectivity index (χ2n) is 6.38. The van der Waals surface area contributed by atoms with Crippen LogP contribution in [0.1, 0.15) is 38.5 Å². The summed E-state index contributed by atoms with van der Waals surface area (Å²) in [5.41, 5.74) is -0.0536. The molecule has 2 saturated carbocycles. The van der Waals surface area contributed by atoms with E-state index in [1.54, 1.807) is 16.8 Å². The molecule has 1 atom stereocenters. The first-order chi connectivity index (χ1) is 9.03. The summed E-state index contributed by atoms with van der Waals surface area (Å²) < 4.78 is 5.72. The van der Waals surface area contributed by atoms with Crippen LogP contribution in [0.25, 0.3) is 0 Å². The summed E-state index contributed by atoms with van der Waals surface area (Å²) >= 11 is 0. The van der Waals surface area contributed by atoms with Gasteiger partial charge in [0.2, 0.25) is 0 Å². The van der Waals surface area contributed by atoms with E-state index in [-0.39, 0.29) is 29.6 Å². The molecule has 1 spiro atoms. The molecule has 3 aliphatic rings. The molecule has 0 aromatic carbocycles. The fourth-order valence-corrected chi connectivity index (χ4v) is 3.61. The Morgan fingerprint density at radius 3 is 2.47 bits per heavy atom. The summed E-state index contributed by atoms with van der Waals surface area (Å²) in [4.78, 5) is 27.5. The van der Waals surface area contributed by atoms with Gasteiger partial charge in [-0.3, -0.25) is 9.69 Å². The lowest BCUT2D eigenvalue weighted by atomic mass is 9.81. The summed E-state index contributed by atoms with van der Waals surface area (Å²) in [6, 6.07) is -0.0499. The highest BCUT2D eigenvalue weighted by Gasteiger charge is 2.52. The Morgan fingerprint density at radius 2 is 1.89 bits per heavy atom. The van der Waals surface area contributed by atoms with Gasteiger partial charge in [0.05, 0.1) is 5.92 Å². The molecule has 1 saturated heterocycles. The third kappa shape index (κ3) is 2.09. The Kier molecular flexibility index (Phi) is 2.95. The highest BCUT2D eigenvalue weighted by Crippen LogP contribution is 2.46. The van der Waals surface area contributed by atoms with E-state index < -0.39 is 0 Å². The van der Waals surface area contributed by atoms with E-state index >= 15 is 0 Å². The van der Waals surface area contributed by atoms with Crippen molar-refractivity contribution in [3.8, 4) is 0 Å². The zero-order chi connectivity index (χ0) is 13.6. The van der Waals surface area contributed by atoms with Crippen LogP contribution >= 0.6 is 0 Å². The van der Waals surface area contributed by atoms with Crippen molar-refractivity contribution >= 4 is 12.0 Å². The monoisotopic (exact) mass is 266 g/mol. The van der Waals surface area contributed by atoms with Gasteiger partial charge in [-0.05, 0) is 25.7 Å². The Bertz CT molecular complexity index is 399. The van der Waals surface area contributed by atoms with Gasteiger partial charge < -0.3 is 9.64 Å². The van der Waals surface area contributed by atoms with Crippen molar-refractivity contribution in [2.45, 2.75) is 44.8 Å². The average Bonchev–Trinajstić information content (AvgIpc) is 3.14. The van der Waals surface area contributed by atoms with Crippen molar-refractivity contribution in [2.75, 3.05) is 20.6 Å². The molecule has 106 valence electrons. The number of urea groups is 1. The first-order valence-corrected chi connectivity index (χ1v) is 7.22. The van der Waals surface area contributed by atoms with Gasteiger partial charge in [-0.15, -0.1) is 0 Å². The summed E-state index contributed by atoms with van der Waals surface area (Å²) in [5, 5.41) is 0. The molecule has 0 aromatic rings. The van der Waals surface area contributed by atoms with Crippen LogP contribution in [0.15, 0.2) is 0 Å².